The minimum absolute atomic E-state index is 0.0741. The maximum atomic E-state index is 12.7. The highest BCUT2D eigenvalue weighted by atomic mass is 16.5. The lowest BCUT2D eigenvalue weighted by Crippen LogP contribution is -2.40. The van der Waals surface area contributed by atoms with Crippen LogP contribution >= 0.6 is 0 Å². The molecule has 0 saturated heterocycles. The SMILES string of the molecule is CCOCCN(C[C@H](C)C(=O)OC)C(=O)Cc1ccccc1OC. The molecule has 1 amide bonds. The van der Waals surface area contributed by atoms with Crippen LogP contribution in [0, 0.1) is 5.92 Å². The van der Waals surface area contributed by atoms with E-state index in [1.807, 2.05) is 31.2 Å². The van der Waals surface area contributed by atoms with Crippen molar-refractivity contribution in [1.29, 1.82) is 0 Å². The van der Waals surface area contributed by atoms with E-state index in [9.17, 15) is 9.59 Å². The summed E-state index contributed by atoms with van der Waals surface area (Å²) in [6.07, 6.45) is 0.212. The molecule has 0 aliphatic carbocycles. The van der Waals surface area contributed by atoms with Gasteiger partial charge in [-0.05, 0) is 13.0 Å². The molecule has 0 saturated carbocycles. The highest BCUT2D eigenvalue weighted by Gasteiger charge is 2.22. The van der Waals surface area contributed by atoms with E-state index in [0.717, 1.165) is 5.56 Å². The van der Waals surface area contributed by atoms with Crippen molar-refractivity contribution in [2.75, 3.05) is 40.5 Å². The summed E-state index contributed by atoms with van der Waals surface area (Å²) < 4.78 is 15.4. The van der Waals surface area contributed by atoms with Gasteiger partial charge < -0.3 is 19.1 Å². The first-order chi connectivity index (χ1) is 11.5. The van der Waals surface area contributed by atoms with Gasteiger partial charge in [-0.25, -0.2) is 0 Å². The quantitative estimate of drug-likeness (QED) is 0.482. The van der Waals surface area contributed by atoms with Gasteiger partial charge in [0.1, 0.15) is 5.75 Å². The Morgan fingerprint density at radius 3 is 2.54 bits per heavy atom. The minimum atomic E-state index is -0.391. The van der Waals surface area contributed by atoms with Crippen molar-refractivity contribution in [3.8, 4) is 5.75 Å². The number of methoxy groups -OCH3 is 2. The van der Waals surface area contributed by atoms with Crippen LogP contribution in [0.2, 0.25) is 0 Å². The average molecular weight is 337 g/mol. The number of ether oxygens (including phenoxy) is 3. The van der Waals surface area contributed by atoms with Crippen molar-refractivity contribution in [2.45, 2.75) is 20.3 Å². The van der Waals surface area contributed by atoms with E-state index < -0.39 is 5.92 Å². The summed E-state index contributed by atoms with van der Waals surface area (Å²) in [5.41, 5.74) is 0.817. The van der Waals surface area contributed by atoms with Crippen molar-refractivity contribution < 1.29 is 23.8 Å². The normalized spacial score (nSPS) is 11.7. The predicted molar refractivity (Wildman–Crippen MR) is 91.0 cm³/mol. The van der Waals surface area contributed by atoms with Crippen LogP contribution in [-0.4, -0.2) is 57.3 Å². The fourth-order valence-corrected chi connectivity index (χ4v) is 2.37. The molecule has 6 heteroatoms. The molecule has 0 aliphatic rings. The Labute approximate surface area is 143 Å². The zero-order chi connectivity index (χ0) is 17.9. The maximum absolute atomic E-state index is 12.7. The van der Waals surface area contributed by atoms with E-state index in [1.54, 1.807) is 18.9 Å². The fraction of sp³-hybridized carbons (Fsp3) is 0.556. The minimum Gasteiger partial charge on any atom is -0.496 e. The lowest BCUT2D eigenvalue weighted by Gasteiger charge is -2.25. The standard InChI is InChI=1S/C18H27NO5/c1-5-24-11-10-19(13-14(2)18(21)23-4)17(20)12-15-8-6-7-9-16(15)22-3/h6-9,14H,5,10-13H2,1-4H3/t14-/m0/s1. The fourth-order valence-electron chi connectivity index (χ4n) is 2.37. The molecule has 0 radical (unpaired) electrons. The second-order valence-corrected chi connectivity index (χ2v) is 5.45. The molecule has 0 spiro atoms. The highest BCUT2D eigenvalue weighted by Crippen LogP contribution is 2.19. The summed E-state index contributed by atoms with van der Waals surface area (Å²) in [6.45, 7) is 5.40. The Morgan fingerprint density at radius 2 is 1.92 bits per heavy atom. The highest BCUT2D eigenvalue weighted by molar-refractivity contribution is 5.80. The van der Waals surface area contributed by atoms with E-state index in [-0.39, 0.29) is 18.3 Å². The van der Waals surface area contributed by atoms with Crippen molar-refractivity contribution in [3.63, 3.8) is 0 Å². The zero-order valence-electron chi connectivity index (χ0n) is 14.9. The second kappa shape index (κ2) is 10.6. The van der Waals surface area contributed by atoms with E-state index >= 15 is 0 Å². The van der Waals surface area contributed by atoms with Gasteiger partial charge in [-0.3, -0.25) is 9.59 Å². The summed E-state index contributed by atoms with van der Waals surface area (Å²) >= 11 is 0. The lowest BCUT2D eigenvalue weighted by atomic mass is 10.1. The van der Waals surface area contributed by atoms with Crippen LogP contribution in [0.1, 0.15) is 19.4 Å². The van der Waals surface area contributed by atoms with Crippen molar-refractivity contribution in [3.05, 3.63) is 29.8 Å². The molecule has 24 heavy (non-hydrogen) atoms. The van der Waals surface area contributed by atoms with E-state index in [2.05, 4.69) is 0 Å². The molecule has 1 atom stereocenters. The summed E-state index contributed by atoms with van der Waals surface area (Å²) in [5, 5.41) is 0. The Balaban J connectivity index is 2.79. The van der Waals surface area contributed by atoms with Gasteiger partial charge in [0.2, 0.25) is 5.91 Å². The molecule has 1 aromatic rings. The number of para-hydroxylation sites is 1. The van der Waals surface area contributed by atoms with Gasteiger partial charge in [0.25, 0.3) is 0 Å². The summed E-state index contributed by atoms with van der Waals surface area (Å²) in [6, 6.07) is 7.41. The van der Waals surface area contributed by atoms with Gasteiger partial charge in [-0.15, -0.1) is 0 Å². The summed E-state index contributed by atoms with van der Waals surface area (Å²) in [4.78, 5) is 26.0. The van der Waals surface area contributed by atoms with Crippen LogP contribution in [0.15, 0.2) is 24.3 Å². The zero-order valence-corrected chi connectivity index (χ0v) is 14.9. The van der Waals surface area contributed by atoms with Gasteiger partial charge in [-0.2, -0.15) is 0 Å². The number of hydrogen-bond donors (Lipinski definition) is 0. The number of carbonyl (C=O) groups is 2. The molecule has 6 nitrogen and oxygen atoms in total. The number of rotatable bonds is 10. The maximum Gasteiger partial charge on any atom is 0.310 e. The van der Waals surface area contributed by atoms with Crippen LogP contribution in [0.25, 0.3) is 0 Å². The molecule has 1 rings (SSSR count). The molecular weight excluding hydrogens is 310 g/mol. The number of amides is 1. The number of benzene rings is 1. The van der Waals surface area contributed by atoms with Crippen LogP contribution in [0.3, 0.4) is 0 Å². The molecule has 0 aliphatic heterocycles. The molecule has 0 N–H and O–H groups in total. The number of esters is 1. The first-order valence-electron chi connectivity index (χ1n) is 8.08. The van der Waals surface area contributed by atoms with Gasteiger partial charge in [0.15, 0.2) is 0 Å². The largest absolute Gasteiger partial charge is 0.496 e. The molecule has 134 valence electrons. The third-order valence-corrected chi connectivity index (χ3v) is 3.69. The van der Waals surface area contributed by atoms with E-state index in [0.29, 0.717) is 32.1 Å². The van der Waals surface area contributed by atoms with Crippen molar-refractivity contribution in [1.82, 2.24) is 4.90 Å². The van der Waals surface area contributed by atoms with Gasteiger partial charge in [-0.1, -0.05) is 25.1 Å². The average Bonchev–Trinajstić information content (AvgIpc) is 2.60. The predicted octanol–water partition coefficient (Wildman–Crippen LogP) is 1.91. The lowest BCUT2D eigenvalue weighted by molar-refractivity contribution is -0.146. The van der Waals surface area contributed by atoms with Gasteiger partial charge in [0, 0.05) is 25.3 Å². The van der Waals surface area contributed by atoms with E-state index in [4.69, 9.17) is 14.2 Å². The van der Waals surface area contributed by atoms with Crippen LogP contribution in [-0.2, 0) is 25.5 Å². The van der Waals surface area contributed by atoms with Crippen LogP contribution < -0.4 is 4.74 Å². The first-order valence-corrected chi connectivity index (χ1v) is 8.08. The Hall–Kier alpha value is -2.08. The number of carbonyl (C=O) groups excluding carboxylic acids is 2. The molecule has 0 heterocycles. The first kappa shape index (κ1) is 20.0. The van der Waals surface area contributed by atoms with Crippen molar-refractivity contribution >= 4 is 11.9 Å². The summed E-state index contributed by atoms with van der Waals surface area (Å²) in [7, 11) is 2.93. The topological polar surface area (TPSA) is 65.1 Å². The van der Waals surface area contributed by atoms with Crippen LogP contribution in [0.5, 0.6) is 5.75 Å². The number of nitrogens with zero attached hydrogens (tertiary/aromatic N) is 1. The van der Waals surface area contributed by atoms with Crippen molar-refractivity contribution in [2.24, 2.45) is 5.92 Å². The smallest absolute Gasteiger partial charge is 0.310 e. The third kappa shape index (κ3) is 6.20. The third-order valence-electron chi connectivity index (χ3n) is 3.69. The second-order valence-electron chi connectivity index (χ2n) is 5.45. The van der Waals surface area contributed by atoms with E-state index in [1.165, 1.54) is 7.11 Å². The summed E-state index contributed by atoms with van der Waals surface area (Å²) in [5.74, 6) is -0.119. The molecule has 0 unspecified atom stereocenters. The Kier molecular flexibility index (Phi) is 8.86. The number of hydrogen-bond acceptors (Lipinski definition) is 5. The molecule has 0 fully saturated rings. The monoisotopic (exact) mass is 337 g/mol. The molecule has 0 aromatic heterocycles. The van der Waals surface area contributed by atoms with Crippen LogP contribution in [0.4, 0.5) is 0 Å². The Morgan fingerprint density at radius 1 is 1.21 bits per heavy atom. The van der Waals surface area contributed by atoms with Gasteiger partial charge >= 0.3 is 5.97 Å². The molecular formula is C18H27NO5. The van der Waals surface area contributed by atoms with Gasteiger partial charge in [0.05, 0.1) is 33.2 Å². The molecule has 0 bridgehead atoms. The Bertz CT molecular complexity index is 532. The molecule has 1 aromatic carbocycles.